The zero-order chi connectivity index (χ0) is 18.7. The van der Waals surface area contributed by atoms with Gasteiger partial charge in [-0.2, -0.15) is 0 Å². The predicted molar refractivity (Wildman–Crippen MR) is 82.1 cm³/mol. The van der Waals surface area contributed by atoms with Crippen LogP contribution in [0.4, 0.5) is 0 Å². The Labute approximate surface area is 140 Å². The molecule has 25 heavy (non-hydrogen) atoms. The molecule has 0 saturated carbocycles. The zero-order valence-corrected chi connectivity index (χ0v) is 12.9. The summed E-state index contributed by atoms with van der Waals surface area (Å²) in [6.07, 6.45) is 0. The number of esters is 2. The van der Waals surface area contributed by atoms with Gasteiger partial charge >= 0.3 is 11.9 Å². The van der Waals surface area contributed by atoms with Crippen LogP contribution in [0, 0.1) is 0 Å². The van der Waals surface area contributed by atoms with Crippen molar-refractivity contribution in [3.8, 4) is 34.5 Å². The van der Waals surface area contributed by atoms with Crippen LogP contribution < -0.4 is 4.74 Å². The summed E-state index contributed by atoms with van der Waals surface area (Å²) in [5, 5.41) is 47.7. The highest BCUT2D eigenvalue weighted by Crippen LogP contribution is 2.39. The van der Waals surface area contributed by atoms with Crippen molar-refractivity contribution in [2.45, 2.75) is 6.92 Å². The van der Waals surface area contributed by atoms with Gasteiger partial charge in [0.15, 0.2) is 28.7 Å². The Balaban J connectivity index is 2.30. The van der Waals surface area contributed by atoms with Gasteiger partial charge in [0, 0.05) is 0 Å². The van der Waals surface area contributed by atoms with Gasteiger partial charge in [-0.25, -0.2) is 9.59 Å². The lowest BCUT2D eigenvalue weighted by Crippen LogP contribution is -2.09. The zero-order valence-electron chi connectivity index (χ0n) is 12.9. The van der Waals surface area contributed by atoms with E-state index in [0.717, 1.165) is 24.3 Å². The SMILES string of the molecule is CCOC(=O)c1ccc(OC(=O)c2cc(O)c(O)c(O)c2)c(O)c1O. The number of ether oxygens (including phenoxy) is 2. The second-order valence-electron chi connectivity index (χ2n) is 4.78. The van der Waals surface area contributed by atoms with E-state index < -0.39 is 46.4 Å². The van der Waals surface area contributed by atoms with E-state index in [0.29, 0.717) is 0 Å². The molecule has 0 unspecified atom stereocenters. The van der Waals surface area contributed by atoms with E-state index in [2.05, 4.69) is 0 Å². The lowest BCUT2D eigenvalue weighted by Gasteiger charge is -2.11. The van der Waals surface area contributed by atoms with Gasteiger partial charge in [0.05, 0.1) is 12.2 Å². The molecule has 0 spiro atoms. The second kappa shape index (κ2) is 6.87. The van der Waals surface area contributed by atoms with Gasteiger partial charge in [-0.05, 0) is 31.2 Å². The topological polar surface area (TPSA) is 154 Å². The fourth-order valence-electron chi connectivity index (χ4n) is 1.90. The van der Waals surface area contributed by atoms with Gasteiger partial charge in [-0.1, -0.05) is 0 Å². The first kappa shape index (κ1) is 17.7. The fourth-order valence-corrected chi connectivity index (χ4v) is 1.90. The number of hydrogen-bond acceptors (Lipinski definition) is 9. The molecule has 0 radical (unpaired) electrons. The molecular formula is C16H14O9. The van der Waals surface area contributed by atoms with Crippen LogP contribution in [0.15, 0.2) is 24.3 Å². The maximum absolute atomic E-state index is 12.0. The van der Waals surface area contributed by atoms with E-state index >= 15 is 0 Å². The molecule has 0 heterocycles. The maximum atomic E-state index is 12.0. The predicted octanol–water partition coefficient (Wildman–Crippen LogP) is 1.61. The van der Waals surface area contributed by atoms with Crippen LogP contribution in [-0.2, 0) is 4.74 Å². The number of rotatable bonds is 4. The number of hydrogen-bond donors (Lipinski definition) is 5. The number of aromatic hydroxyl groups is 5. The van der Waals surface area contributed by atoms with Gasteiger partial charge in [0.2, 0.25) is 5.75 Å². The van der Waals surface area contributed by atoms with Crippen LogP contribution in [0.2, 0.25) is 0 Å². The number of phenolic OH excluding ortho intramolecular Hbond substituents is 5. The van der Waals surface area contributed by atoms with Crippen molar-refractivity contribution in [3.63, 3.8) is 0 Å². The minimum atomic E-state index is -1.11. The van der Waals surface area contributed by atoms with Gasteiger partial charge in [-0.15, -0.1) is 0 Å². The number of carbonyl (C=O) groups is 2. The Morgan fingerprint density at radius 2 is 1.48 bits per heavy atom. The molecule has 0 atom stereocenters. The number of phenols is 5. The largest absolute Gasteiger partial charge is 0.504 e. The van der Waals surface area contributed by atoms with Crippen molar-refractivity contribution in [1.82, 2.24) is 0 Å². The molecule has 5 N–H and O–H groups in total. The Kier molecular flexibility index (Phi) is 4.87. The molecule has 0 bridgehead atoms. The minimum absolute atomic E-state index is 0.0591. The van der Waals surface area contributed by atoms with E-state index in [1.165, 1.54) is 0 Å². The van der Waals surface area contributed by atoms with Crippen molar-refractivity contribution in [3.05, 3.63) is 35.4 Å². The average molecular weight is 350 g/mol. The quantitative estimate of drug-likeness (QED) is 0.314. The first-order valence-electron chi connectivity index (χ1n) is 6.95. The van der Waals surface area contributed by atoms with Crippen LogP contribution in [-0.4, -0.2) is 44.1 Å². The molecule has 0 aromatic heterocycles. The third-order valence-corrected chi connectivity index (χ3v) is 3.12. The Bertz CT molecular complexity index is 819. The first-order chi connectivity index (χ1) is 11.8. The Hall–Kier alpha value is -3.62. The summed E-state index contributed by atoms with van der Waals surface area (Å²) in [5.41, 5.74) is -0.653. The smallest absolute Gasteiger partial charge is 0.343 e. The highest BCUT2D eigenvalue weighted by molar-refractivity contribution is 5.95. The number of benzene rings is 2. The third kappa shape index (κ3) is 3.50. The fraction of sp³-hybridized carbons (Fsp3) is 0.125. The summed E-state index contributed by atoms with van der Waals surface area (Å²) in [4.78, 5) is 23.6. The summed E-state index contributed by atoms with van der Waals surface area (Å²) in [5.74, 6) is -6.47. The van der Waals surface area contributed by atoms with E-state index in [-0.39, 0.29) is 17.7 Å². The van der Waals surface area contributed by atoms with Crippen LogP contribution in [0.25, 0.3) is 0 Å². The lowest BCUT2D eigenvalue weighted by molar-refractivity contribution is 0.0522. The van der Waals surface area contributed by atoms with E-state index in [4.69, 9.17) is 9.47 Å². The minimum Gasteiger partial charge on any atom is -0.504 e. The maximum Gasteiger partial charge on any atom is 0.343 e. The van der Waals surface area contributed by atoms with Gasteiger partial charge < -0.3 is 35.0 Å². The monoisotopic (exact) mass is 350 g/mol. The molecule has 0 amide bonds. The molecule has 0 saturated heterocycles. The molecule has 2 aromatic rings. The second-order valence-corrected chi connectivity index (χ2v) is 4.78. The standard InChI is InChI=1S/C16H14O9/c1-2-24-16(23)8-3-4-11(14(21)12(8)19)25-15(22)7-5-9(17)13(20)10(18)6-7/h3-6,17-21H,2H2,1H3. The summed E-state index contributed by atoms with van der Waals surface area (Å²) in [6.45, 7) is 1.62. The molecule has 2 rings (SSSR count). The van der Waals surface area contributed by atoms with Crippen LogP contribution in [0.5, 0.6) is 34.5 Å². The molecule has 0 aliphatic rings. The summed E-state index contributed by atoms with van der Waals surface area (Å²) < 4.78 is 9.55. The summed E-state index contributed by atoms with van der Waals surface area (Å²) in [6, 6.07) is 3.81. The van der Waals surface area contributed by atoms with Crippen LogP contribution in [0.3, 0.4) is 0 Å². The number of carbonyl (C=O) groups excluding carboxylic acids is 2. The Morgan fingerprint density at radius 3 is 2.04 bits per heavy atom. The molecule has 0 aliphatic heterocycles. The van der Waals surface area contributed by atoms with Gasteiger partial charge in [0.25, 0.3) is 0 Å². The van der Waals surface area contributed by atoms with Gasteiger partial charge in [0.1, 0.15) is 5.56 Å². The van der Waals surface area contributed by atoms with Crippen molar-refractivity contribution >= 4 is 11.9 Å². The van der Waals surface area contributed by atoms with E-state index in [9.17, 15) is 35.1 Å². The van der Waals surface area contributed by atoms with Crippen LogP contribution in [0.1, 0.15) is 27.6 Å². The van der Waals surface area contributed by atoms with Gasteiger partial charge in [-0.3, -0.25) is 0 Å². The third-order valence-electron chi connectivity index (χ3n) is 3.12. The highest BCUT2D eigenvalue weighted by atomic mass is 16.5. The molecule has 9 nitrogen and oxygen atoms in total. The molecule has 0 fully saturated rings. The molecule has 9 heteroatoms. The molecule has 2 aromatic carbocycles. The molecule has 132 valence electrons. The summed E-state index contributed by atoms with van der Waals surface area (Å²) >= 11 is 0. The Morgan fingerprint density at radius 1 is 0.880 bits per heavy atom. The van der Waals surface area contributed by atoms with E-state index in [1.807, 2.05) is 0 Å². The van der Waals surface area contributed by atoms with E-state index in [1.54, 1.807) is 6.92 Å². The summed E-state index contributed by atoms with van der Waals surface area (Å²) in [7, 11) is 0. The van der Waals surface area contributed by atoms with Crippen LogP contribution >= 0.6 is 0 Å². The van der Waals surface area contributed by atoms with Crippen molar-refractivity contribution in [1.29, 1.82) is 0 Å². The van der Waals surface area contributed by atoms with Crippen molar-refractivity contribution < 1.29 is 44.6 Å². The highest BCUT2D eigenvalue weighted by Gasteiger charge is 2.22. The first-order valence-corrected chi connectivity index (χ1v) is 6.95. The van der Waals surface area contributed by atoms with Crippen molar-refractivity contribution in [2.24, 2.45) is 0 Å². The lowest BCUT2D eigenvalue weighted by atomic mass is 10.1. The molecular weight excluding hydrogens is 336 g/mol. The average Bonchev–Trinajstić information content (AvgIpc) is 2.56. The van der Waals surface area contributed by atoms with Crippen molar-refractivity contribution in [2.75, 3.05) is 6.61 Å². The molecule has 0 aliphatic carbocycles. The normalized spacial score (nSPS) is 10.3.